The summed E-state index contributed by atoms with van der Waals surface area (Å²) in [6, 6.07) is 21.9. The highest BCUT2D eigenvalue weighted by atomic mass is 28.4. The van der Waals surface area contributed by atoms with Crippen LogP contribution in [0.3, 0.4) is 0 Å². The van der Waals surface area contributed by atoms with E-state index in [1.165, 1.54) is 16.8 Å². The zero-order valence-electron chi connectivity index (χ0n) is 20.0. The average Bonchev–Trinajstić information content (AvgIpc) is 3.25. The lowest BCUT2D eigenvalue weighted by molar-refractivity contribution is -0.134. The molecule has 0 unspecified atom stereocenters. The van der Waals surface area contributed by atoms with Crippen LogP contribution in [0.15, 0.2) is 60.7 Å². The van der Waals surface area contributed by atoms with Crippen LogP contribution in [0, 0.1) is 11.8 Å². The lowest BCUT2D eigenvalue weighted by atomic mass is 9.97. The van der Waals surface area contributed by atoms with Crippen molar-refractivity contribution in [2.45, 2.75) is 76.4 Å². The van der Waals surface area contributed by atoms with Gasteiger partial charge in [-0.2, -0.15) is 0 Å². The third-order valence-electron chi connectivity index (χ3n) is 8.33. The van der Waals surface area contributed by atoms with E-state index in [1.54, 1.807) is 0 Å². The van der Waals surface area contributed by atoms with Gasteiger partial charge in [0.2, 0.25) is 5.91 Å². The van der Waals surface area contributed by atoms with Crippen molar-refractivity contribution in [1.82, 2.24) is 4.90 Å². The second-order valence-corrected chi connectivity index (χ2v) is 15.6. The van der Waals surface area contributed by atoms with Gasteiger partial charge < -0.3 is 9.33 Å². The largest absolute Gasteiger partial charge is 0.405 e. The highest BCUT2D eigenvalue weighted by molar-refractivity contribution is 6.99. The van der Waals surface area contributed by atoms with Gasteiger partial charge in [0.05, 0.1) is 12.6 Å². The summed E-state index contributed by atoms with van der Waals surface area (Å²) < 4.78 is 7.21. The fourth-order valence-electron chi connectivity index (χ4n) is 6.92. The van der Waals surface area contributed by atoms with Crippen molar-refractivity contribution in [3.8, 4) is 0 Å². The van der Waals surface area contributed by atoms with Gasteiger partial charge >= 0.3 is 0 Å². The summed E-state index contributed by atoms with van der Waals surface area (Å²) in [5.74, 6) is 1.34. The first-order valence-electron chi connectivity index (χ1n) is 12.4. The second-order valence-electron chi connectivity index (χ2n) is 11.3. The normalized spacial score (nSPS) is 29.2. The number of piperidine rings is 1. The Bertz CT molecular complexity index is 930. The molecule has 2 aromatic rings. The van der Waals surface area contributed by atoms with E-state index in [9.17, 15) is 4.79 Å². The molecule has 1 amide bonds. The van der Waals surface area contributed by atoms with Crippen LogP contribution in [-0.2, 0) is 9.22 Å². The number of rotatable bonds is 7. The predicted octanol–water partition coefficient (Wildman–Crippen LogP) is 4.74. The van der Waals surface area contributed by atoms with Crippen LogP contribution in [0.4, 0.5) is 0 Å². The minimum atomic E-state index is -2.56. The first-order chi connectivity index (χ1) is 15.3. The standard InChI is InChI=1S/C28H37NO2Si/c1-5-12-21-18-28-19-22(28)17-23(29(28)26(21)30)20-31-32(27(2,3)4,24-13-8-6-9-14-24)25-15-10-7-11-16-25/h6-11,13-16,21-23H,5,12,17-20H2,1-4H3/t21-,22+,23+,28+/m0/s1. The third-order valence-corrected chi connectivity index (χ3v) is 13.3. The molecule has 3 aliphatic rings. The first kappa shape index (κ1) is 21.9. The van der Waals surface area contributed by atoms with Crippen molar-refractivity contribution in [2.24, 2.45) is 11.8 Å². The van der Waals surface area contributed by atoms with Crippen molar-refractivity contribution in [2.75, 3.05) is 6.61 Å². The van der Waals surface area contributed by atoms with Crippen LogP contribution in [0.2, 0.25) is 5.04 Å². The van der Waals surface area contributed by atoms with Crippen molar-refractivity contribution >= 4 is 24.6 Å². The van der Waals surface area contributed by atoms with Gasteiger partial charge in [0.15, 0.2) is 0 Å². The van der Waals surface area contributed by atoms with Gasteiger partial charge in [-0.05, 0) is 47.0 Å². The van der Waals surface area contributed by atoms with Crippen LogP contribution in [-0.4, -0.2) is 37.3 Å². The molecule has 2 aliphatic heterocycles. The number of hydrogen-bond donors (Lipinski definition) is 0. The maximum atomic E-state index is 13.4. The number of benzene rings is 2. The Morgan fingerprint density at radius 1 is 1.00 bits per heavy atom. The summed E-state index contributed by atoms with van der Waals surface area (Å²) in [5.41, 5.74) is 0.177. The Balaban J connectivity index is 1.48. The molecule has 0 radical (unpaired) electrons. The molecule has 32 heavy (non-hydrogen) atoms. The van der Waals surface area contributed by atoms with Crippen LogP contribution < -0.4 is 10.4 Å². The Hall–Kier alpha value is -1.91. The fraction of sp³-hybridized carbons (Fsp3) is 0.536. The number of nitrogens with zero attached hydrogens (tertiary/aromatic N) is 1. The number of hydrogen-bond acceptors (Lipinski definition) is 2. The molecule has 2 saturated heterocycles. The van der Waals surface area contributed by atoms with Gasteiger partial charge in [-0.15, -0.1) is 0 Å². The maximum Gasteiger partial charge on any atom is 0.261 e. The molecule has 3 fully saturated rings. The summed E-state index contributed by atoms with van der Waals surface area (Å²) in [5, 5.41) is 2.59. The van der Waals surface area contributed by atoms with Crippen LogP contribution in [0.25, 0.3) is 0 Å². The van der Waals surface area contributed by atoms with Crippen LogP contribution in [0.5, 0.6) is 0 Å². The van der Waals surface area contributed by atoms with Crippen molar-refractivity contribution in [3.05, 3.63) is 60.7 Å². The average molecular weight is 448 g/mol. The summed E-state index contributed by atoms with van der Waals surface area (Å²) in [7, 11) is -2.56. The molecule has 1 spiro atoms. The monoisotopic (exact) mass is 447 g/mol. The van der Waals surface area contributed by atoms with E-state index in [1.807, 2.05) is 0 Å². The highest BCUT2D eigenvalue weighted by Gasteiger charge is 2.71. The topological polar surface area (TPSA) is 29.5 Å². The summed E-state index contributed by atoms with van der Waals surface area (Å²) in [6.07, 6.45) is 5.54. The van der Waals surface area contributed by atoms with Gasteiger partial charge in [0.1, 0.15) is 0 Å². The van der Waals surface area contributed by atoms with E-state index in [0.29, 0.717) is 18.4 Å². The molecule has 0 bridgehead atoms. The summed E-state index contributed by atoms with van der Waals surface area (Å²) in [4.78, 5) is 15.7. The van der Waals surface area contributed by atoms with Crippen molar-refractivity contribution in [3.63, 3.8) is 0 Å². The third kappa shape index (κ3) is 3.21. The predicted molar refractivity (Wildman–Crippen MR) is 133 cm³/mol. The van der Waals surface area contributed by atoms with E-state index >= 15 is 0 Å². The molecule has 1 saturated carbocycles. The first-order valence-corrected chi connectivity index (χ1v) is 14.3. The van der Waals surface area contributed by atoms with Crippen molar-refractivity contribution < 1.29 is 9.22 Å². The fourth-order valence-corrected chi connectivity index (χ4v) is 11.5. The van der Waals surface area contributed by atoms with Gasteiger partial charge in [0, 0.05) is 11.5 Å². The molecule has 4 heteroatoms. The van der Waals surface area contributed by atoms with E-state index in [-0.39, 0.29) is 22.5 Å². The minimum absolute atomic E-state index is 0.0331. The van der Waals surface area contributed by atoms with Crippen molar-refractivity contribution in [1.29, 1.82) is 0 Å². The Labute approximate surface area is 194 Å². The minimum Gasteiger partial charge on any atom is -0.405 e. The number of amides is 1. The number of carbonyl (C=O) groups is 1. The molecule has 4 atom stereocenters. The van der Waals surface area contributed by atoms with E-state index in [0.717, 1.165) is 25.7 Å². The van der Waals surface area contributed by atoms with E-state index in [4.69, 9.17) is 4.43 Å². The molecule has 5 rings (SSSR count). The SMILES string of the molecule is CCC[C@H]1C[C@@]23C[C@H]2C[C@H](CO[Si](c2ccccc2)(c2ccccc2)C(C)(C)C)N3C1=O. The van der Waals surface area contributed by atoms with Crippen LogP contribution >= 0.6 is 0 Å². The molecule has 1 aliphatic carbocycles. The highest BCUT2D eigenvalue weighted by Crippen LogP contribution is 2.65. The van der Waals surface area contributed by atoms with Gasteiger partial charge in [-0.3, -0.25) is 4.79 Å². The van der Waals surface area contributed by atoms with E-state index < -0.39 is 8.32 Å². The molecule has 170 valence electrons. The summed E-state index contributed by atoms with van der Waals surface area (Å²) in [6.45, 7) is 9.82. The smallest absolute Gasteiger partial charge is 0.261 e. The summed E-state index contributed by atoms with van der Waals surface area (Å²) >= 11 is 0. The van der Waals surface area contributed by atoms with Gasteiger partial charge in [-0.1, -0.05) is 94.8 Å². The maximum absolute atomic E-state index is 13.4. The zero-order valence-corrected chi connectivity index (χ0v) is 21.0. The lowest BCUT2D eigenvalue weighted by Gasteiger charge is -2.44. The Morgan fingerprint density at radius 2 is 1.59 bits per heavy atom. The number of carbonyl (C=O) groups excluding carboxylic acids is 1. The Morgan fingerprint density at radius 3 is 2.12 bits per heavy atom. The molecule has 3 nitrogen and oxygen atoms in total. The Kier molecular flexibility index (Phi) is 5.37. The molecule has 2 heterocycles. The second kappa shape index (κ2) is 7.84. The molecular weight excluding hydrogens is 410 g/mol. The molecule has 0 N–H and O–H groups in total. The van der Waals surface area contributed by atoms with Crippen LogP contribution in [0.1, 0.15) is 59.8 Å². The quantitative estimate of drug-likeness (QED) is 0.574. The molecule has 0 aromatic heterocycles. The molecular formula is C28H37NO2Si. The van der Waals surface area contributed by atoms with Gasteiger partial charge in [-0.25, -0.2) is 0 Å². The lowest BCUT2D eigenvalue weighted by Crippen LogP contribution is -2.67. The zero-order chi connectivity index (χ0) is 22.6. The van der Waals surface area contributed by atoms with Gasteiger partial charge in [0.25, 0.3) is 8.32 Å². The van der Waals surface area contributed by atoms with E-state index in [2.05, 4.69) is 93.3 Å². The molecule has 2 aromatic carbocycles.